The molecule has 148 valence electrons. The molecule has 2 aromatic carbocycles. The number of carbonyl (C=O) groups is 1. The van der Waals surface area contributed by atoms with Crippen molar-refractivity contribution in [1.82, 2.24) is 15.1 Å². The Morgan fingerprint density at radius 3 is 2.69 bits per heavy atom. The van der Waals surface area contributed by atoms with Gasteiger partial charge in [0, 0.05) is 25.4 Å². The van der Waals surface area contributed by atoms with E-state index in [4.69, 9.17) is 0 Å². The van der Waals surface area contributed by atoms with E-state index in [9.17, 15) is 13.2 Å². The third-order valence-corrected chi connectivity index (χ3v) is 5.89. The van der Waals surface area contributed by atoms with E-state index in [1.54, 1.807) is 29.1 Å². The summed E-state index contributed by atoms with van der Waals surface area (Å²) in [6.07, 6.45) is 4.30. The van der Waals surface area contributed by atoms with Crippen molar-refractivity contribution in [3.63, 3.8) is 0 Å². The summed E-state index contributed by atoms with van der Waals surface area (Å²) in [5.41, 5.74) is 3.43. The van der Waals surface area contributed by atoms with Crippen LogP contribution in [-0.2, 0) is 28.3 Å². The zero-order chi connectivity index (χ0) is 20.4. The van der Waals surface area contributed by atoms with Gasteiger partial charge < -0.3 is 10.6 Å². The number of aromatic nitrogens is 2. The molecule has 3 aromatic rings. The maximum atomic E-state index is 12.5. The topological polar surface area (TPSA) is 105 Å². The summed E-state index contributed by atoms with van der Waals surface area (Å²) in [6, 6.07) is 14.2. The number of para-hydroxylation sites is 1. The van der Waals surface area contributed by atoms with Gasteiger partial charge in [-0.25, -0.2) is 0 Å². The molecule has 1 aliphatic rings. The highest BCUT2D eigenvalue weighted by molar-refractivity contribution is 7.90. The molecule has 2 N–H and O–H groups in total. The van der Waals surface area contributed by atoms with Crippen molar-refractivity contribution in [2.24, 2.45) is 11.4 Å². The van der Waals surface area contributed by atoms with Crippen molar-refractivity contribution < 1.29 is 13.2 Å². The van der Waals surface area contributed by atoms with E-state index in [2.05, 4.69) is 20.1 Å². The monoisotopic (exact) mass is 409 g/mol. The van der Waals surface area contributed by atoms with Crippen LogP contribution in [0.2, 0.25) is 0 Å². The maximum Gasteiger partial charge on any atom is 0.287 e. The van der Waals surface area contributed by atoms with Gasteiger partial charge in [0.2, 0.25) is 5.84 Å². The van der Waals surface area contributed by atoms with E-state index in [0.717, 1.165) is 16.7 Å². The number of amidine groups is 1. The van der Waals surface area contributed by atoms with Crippen molar-refractivity contribution in [2.75, 3.05) is 11.9 Å². The number of fused-ring (bicyclic) bond motifs is 1. The molecule has 8 nitrogen and oxygen atoms in total. The molecule has 0 atom stereocenters. The lowest BCUT2D eigenvalue weighted by Gasteiger charge is -2.17. The van der Waals surface area contributed by atoms with Gasteiger partial charge in [0.1, 0.15) is 4.90 Å². The van der Waals surface area contributed by atoms with Crippen LogP contribution in [0.15, 0.2) is 70.2 Å². The third kappa shape index (κ3) is 3.90. The number of benzene rings is 2. The molecule has 1 amide bonds. The molecule has 0 aliphatic carbocycles. The zero-order valence-electron chi connectivity index (χ0n) is 15.7. The van der Waals surface area contributed by atoms with Crippen molar-refractivity contribution >= 4 is 27.5 Å². The number of hydrogen-bond acceptors (Lipinski definition) is 5. The van der Waals surface area contributed by atoms with Gasteiger partial charge in [0.15, 0.2) is 0 Å². The Morgan fingerprint density at radius 1 is 1.14 bits per heavy atom. The van der Waals surface area contributed by atoms with Crippen LogP contribution in [0.25, 0.3) is 11.1 Å². The molecule has 29 heavy (non-hydrogen) atoms. The summed E-state index contributed by atoms with van der Waals surface area (Å²) in [7, 11) is -2.04. The van der Waals surface area contributed by atoms with Gasteiger partial charge in [0.05, 0.1) is 11.9 Å². The van der Waals surface area contributed by atoms with Gasteiger partial charge in [-0.3, -0.25) is 9.48 Å². The molecule has 0 saturated carbocycles. The number of nitrogens with one attached hydrogen (secondary N) is 2. The molecule has 9 heteroatoms. The normalized spacial score (nSPS) is 14.4. The molecule has 1 aromatic heterocycles. The quantitative estimate of drug-likeness (QED) is 0.670. The first-order chi connectivity index (χ1) is 13.9. The minimum Gasteiger partial charge on any atom is -0.349 e. The Morgan fingerprint density at radius 2 is 1.90 bits per heavy atom. The van der Waals surface area contributed by atoms with E-state index < -0.39 is 15.9 Å². The molecule has 0 saturated heterocycles. The fourth-order valence-electron chi connectivity index (χ4n) is 3.19. The second kappa shape index (κ2) is 7.51. The van der Waals surface area contributed by atoms with Crippen molar-refractivity contribution in [3.05, 3.63) is 66.5 Å². The largest absolute Gasteiger partial charge is 0.349 e. The molecule has 0 spiro atoms. The lowest BCUT2D eigenvalue weighted by molar-refractivity contribution is -0.114. The highest BCUT2D eigenvalue weighted by Crippen LogP contribution is 2.26. The van der Waals surface area contributed by atoms with Crippen molar-refractivity contribution in [2.45, 2.75) is 11.3 Å². The maximum absolute atomic E-state index is 12.5. The summed E-state index contributed by atoms with van der Waals surface area (Å²) >= 11 is 0. The van der Waals surface area contributed by atoms with Crippen LogP contribution in [0, 0.1) is 0 Å². The number of hydrogen-bond donors (Lipinski definition) is 2. The number of sulfonamides is 1. The van der Waals surface area contributed by atoms with Gasteiger partial charge in [-0.15, -0.1) is 4.40 Å². The summed E-state index contributed by atoms with van der Waals surface area (Å²) in [4.78, 5) is 12.5. The Labute approximate surface area is 168 Å². The first kappa shape index (κ1) is 18.9. The van der Waals surface area contributed by atoms with Crippen molar-refractivity contribution in [1.29, 1.82) is 0 Å². The number of amides is 1. The highest BCUT2D eigenvalue weighted by atomic mass is 32.2. The van der Waals surface area contributed by atoms with Crippen LogP contribution in [0.4, 0.5) is 5.69 Å². The van der Waals surface area contributed by atoms with Crippen LogP contribution < -0.4 is 10.6 Å². The predicted molar refractivity (Wildman–Crippen MR) is 110 cm³/mol. The number of carbonyl (C=O) groups excluding carboxylic acids is 1. The van der Waals surface area contributed by atoms with E-state index in [0.29, 0.717) is 18.7 Å². The molecule has 2 heterocycles. The molecule has 0 fully saturated rings. The molecule has 0 bridgehead atoms. The number of anilines is 1. The molecule has 4 rings (SSSR count). The van der Waals surface area contributed by atoms with Crippen LogP contribution in [0.5, 0.6) is 0 Å². The standard InChI is InChI=1S/C20H19N5O3S/c1-25-13-15(12-22-25)16-7-3-2-6-14(16)10-11-21-20(26)19-23-17-8-4-5-9-18(17)29(27,28)24-19/h2-9,12-13H,10-11H2,1H3,(H,21,26)(H,23,24). The molecular formula is C20H19N5O3S. The average Bonchev–Trinajstić information content (AvgIpc) is 3.14. The van der Waals surface area contributed by atoms with Gasteiger partial charge in [-0.2, -0.15) is 13.5 Å². The number of aryl methyl sites for hydroxylation is 1. The van der Waals surface area contributed by atoms with E-state index in [1.165, 1.54) is 6.07 Å². The Bertz CT molecular complexity index is 1210. The highest BCUT2D eigenvalue weighted by Gasteiger charge is 2.27. The second-order valence-electron chi connectivity index (χ2n) is 6.60. The zero-order valence-corrected chi connectivity index (χ0v) is 16.5. The van der Waals surface area contributed by atoms with Crippen LogP contribution in [0.3, 0.4) is 0 Å². The van der Waals surface area contributed by atoms with Crippen molar-refractivity contribution in [3.8, 4) is 11.1 Å². The van der Waals surface area contributed by atoms with E-state index >= 15 is 0 Å². The van der Waals surface area contributed by atoms with E-state index in [-0.39, 0.29) is 10.7 Å². The first-order valence-electron chi connectivity index (χ1n) is 9.00. The van der Waals surface area contributed by atoms with Crippen LogP contribution in [0.1, 0.15) is 5.56 Å². The molecule has 0 radical (unpaired) electrons. The summed E-state index contributed by atoms with van der Waals surface area (Å²) in [5.74, 6) is -0.800. The predicted octanol–water partition coefficient (Wildman–Crippen LogP) is 1.96. The smallest absolute Gasteiger partial charge is 0.287 e. The Kier molecular flexibility index (Phi) is 4.89. The fraction of sp³-hybridized carbons (Fsp3) is 0.150. The van der Waals surface area contributed by atoms with Crippen LogP contribution in [-0.4, -0.2) is 36.5 Å². The SMILES string of the molecule is Cn1cc(-c2ccccc2CCNC(=O)C2=NS(=O)(=O)c3ccccc3N2)cn1. The Balaban J connectivity index is 1.45. The summed E-state index contributed by atoms with van der Waals surface area (Å²) < 4.78 is 29.9. The fourth-order valence-corrected chi connectivity index (χ4v) is 4.30. The van der Waals surface area contributed by atoms with Gasteiger partial charge in [-0.1, -0.05) is 36.4 Å². The molecule has 0 unspecified atom stereocenters. The van der Waals surface area contributed by atoms with Crippen LogP contribution >= 0.6 is 0 Å². The van der Waals surface area contributed by atoms with E-state index in [1.807, 2.05) is 37.5 Å². The van der Waals surface area contributed by atoms with Gasteiger partial charge >= 0.3 is 0 Å². The molecule has 1 aliphatic heterocycles. The van der Waals surface area contributed by atoms with Gasteiger partial charge in [-0.05, 0) is 29.7 Å². The summed E-state index contributed by atoms with van der Waals surface area (Å²) in [6.45, 7) is 0.332. The lowest BCUT2D eigenvalue weighted by Crippen LogP contribution is -2.39. The second-order valence-corrected chi connectivity index (χ2v) is 8.17. The summed E-state index contributed by atoms with van der Waals surface area (Å²) in [5, 5.41) is 9.73. The van der Waals surface area contributed by atoms with Gasteiger partial charge in [0.25, 0.3) is 15.9 Å². The first-order valence-corrected chi connectivity index (χ1v) is 10.4. The lowest BCUT2D eigenvalue weighted by atomic mass is 10.0. The minimum absolute atomic E-state index is 0.0574. The number of nitrogens with zero attached hydrogens (tertiary/aromatic N) is 3. The molecular weight excluding hydrogens is 390 g/mol. The number of rotatable bonds is 5. The minimum atomic E-state index is -3.90. The Hall–Kier alpha value is -3.46. The average molecular weight is 409 g/mol. The third-order valence-electron chi connectivity index (χ3n) is 4.56.